The fraction of sp³-hybridized carbons (Fsp3) is 0.871. The molecule has 4 aliphatic carbocycles. The molecule has 0 amide bonds. The predicted molar refractivity (Wildman–Crippen MR) is 137 cm³/mol. The summed E-state index contributed by atoms with van der Waals surface area (Å²) in [6, 6.07) is 0. The van der Waals surface area contributed by atoms with Crippen LogP contribution < -0.4 is 0 Å². The highest BCUT2D eigenvalue weighted by molar-refractivity contribution is 5.25. The number of hydrogen-bond acceptors (Lipinski definition) is 1. The molecular formula is C31H52O. The maximum absolute atomic E-state index is 6.21. The van der Waals surface area contributed by atoms with Crippen molar-refractivity contribution < 1.29 is 4.74 Å². The van der Waals surface area contributed by atoms with E-state index in [4.69, 9.17) is 4.74 Å². The predicted octanol–water partition coefficient (Wildman–Crippen LogP) is 9.34. The molecule has 182 valence electrons. The van der Waals surface area contributed by atoms with Gasteiger partial charge in [0.25, 0.3) is 0 Å². The second-order valence-corrected chi connectivity index (χ2v) is 13.2. The molecule has 0 bridgehead atoms. The van der Waals surface area contributed by atoms with E-state index in [9.17, 15) is 0 Å². The number of allylic oxidation sites excluding steroid dienone is 2. The molecule has 0 N–H and O–H groups in total. The maximum Gasteiger partial charge on any atom is 0.102 e. The normalized spacial score (nSPS) is 42.0. The van der Waals surface area contributed by atoms with Crippen LogP contribution in [0, 0.1) is 46.3 Å². The van der Waals surface area contributed by atoms with Crippen molar-refractivity contribution in [1.82, 2.24) is 0 Å². The Morgan fingerprint density at radius 3 is 2.56 bits per heavy atom. The topological polar surface area (TPSA) is 9.23 Å². The number of hydrogen-bond donors (Lipinski definition) is 0. The Morgan fingerprint density at radius 2 is 1.84 bits per heavy atom. The third kappa shape index (κ3) is 4.36. The van der Waals surface area contributed by atoms with Crippen LogP contribution in [0.1, 0.15) is 119 Å². The Labute approximate surface area is 199 Å². The Bertz CT molecular complexity index is 703. The van der Waals surface area contributed by atoms with Gasteiger partial charge in [0.15, 0.2) is 0 Å². The van der Waals surface area contributed by atoms with Crippen LogP contribution >= 0.6 is 0 Å². The zero-order valence-corrected chi connectivity index (χ0v) is 22.2. The molecule has 3 saturated carbocycles. The first-order chi connectivity index (χ1) is 15.2. The molecule has 0 aromatic carbocycles. The average molecular weight is 441 g/mol. The fourth-order valence-electron chi connectivity index (χ4n) is 9.07. The van der Waals surface area contributed by atoms with Crippen molar-refractivity contribution in [3.05, 3.63) is 24.0 Å². The van der Waals surface area contributed by atoms with Crippen LogP contribution in [-0.4, -0.2) is 6.10 Å². The van der Waals surface area contributed by atoms with Crippen LogP contribution in [0.2, 0.25) is 0 Å². The van der Waals surface area contributed by atoms with Crippen LogP contribution in [-0.2, 0) is 4.74 Å². The molecule has 0 aromatic heterocycles. The van der Waals surface area contributed by atoms with Gasteiger partial charge in [-0.2, -0.15) is 0 Å². The van der Waals surface area contributed by atoms with E-state index in [1.165, 1.54) is 64.2 Å². The molecule has 1 nitrogen and oxygen atoms in total. The van der Waals surface area contributed by atoms with Gasteiger partial charge in [-0.25, -0.2) is 0 Å². The van der Waals surface area contributed by atoms with E-state index in [0.29, 0.717) is 16.9 Å². The molecule has 0 radical (unpaired) electrons. The van der Waals surface area contributed by atoms with Gasteiger partial charge in [0, 0.05) is 12.8 Å². The third-order valence-electron chi connectivity index (χ3n) is 11.0. The van der Waals surface area contributed by atoms with Gasteiger partial charge in [0.1, 0.15) is 6.10 Å². The summed E-state index contributed by atoms with van der Waals surface area (Å²) in [5.74, 6) is 6.49. The molecule has 4 aliphatic rings. The minimum absolute atomic E-state index is 0.370. The number of ether oxygens (including phenoxy) is 1. The zero-order valence-electron chi connectivity index (χ0n) is 22.2. The summed E-state index contributed by atoms with van der Waals surface area (Å²) >= 11 is 0. The molecule has 4 rings (SSSR count). The molecular weight excluding hydrogens is 388 g/mol. The van der Waals surface area contributed by atoms with Gasteiger partial charge in [-0.3, -0.25) is 0 Å². The van der Waals surface area contributed by atoms with Gasteiger partial charge in [-0.05, 0) is 91.3 Å². The van der Waals surface area contributed by atoms with Gasteiger partial charge < -0.3 is 4.74 Å². The van der Waals surface area contributed by atoms with Crippen molar-refractivity contribution in [2.45, 2.75) is 125 Å². The van der Waals surface area contributed by atoms with Crippen LogP contribution in [0.5, 0.6) is 0 Å². The van der Waals surface area contributed by atoms with Crippen molar-refractivity contribution >= 4 is 0 Å². The molecule has 3 fully saturated rings. The second kappa shape index (κ2) is 9.50. The first kappa shape index (κ1) is 24.4. The number of fused-ring (bicyclic) bond motifs is 5. The van der Waals surface area contributed by atoms with Gasteiger partial charge in [-0.1, -0.05) is 79.0 Å². The molecule has 3 unspecified atom stereocenters. The summed E-state index contributed by atoms with van der Waals surface area (Å²) < 4.78 is 6.21. The van der Waals surface area contributed by atoms with E-state index < -0.39 is 0 Å². The van der Waals surface area contributed by atoms with Crippen molar-refractivity contribution in [2.75, 3.05) is 0 Å². The maximum atomic E-state index is 6.21. The minimum Gasteiger partial charge on any atom is -0.495 e. The van der Waals surface area contributed by atoms with Crippen molar-refractivity contribution in [2.24, 2.45) is 46.3 Å². The molecule has 0 spiro atoms. The van der Waals surface area contributed by atoms with Crippen LogP contribution in [0.3, 0.4) is 0 Å². The molecule has 0 aliphatic heterocycles. The van der Waals surface area contributed by atoms with Crippen molar-refractivity contribution in [1.29, 1.82) is 0 Å². The second-order valence-electron chi connectivity index (χ2n) is 13.2. The molecule has 8 atom stereocenters. The van der Waals surface area contributed by atoms with E-state index in [1.807, 2.05) is 0 Å². The summed E-state index contributed by atoms with van der Waals surface area (Å²) in [6.07, 6.45) is 19.3. The highest BCUT2D eigenvalue weighted by atomic mass is 16.5. The summed E-state index contributed by atoms with van der Waals surface area (Å²) in [5.41, 5.74) is 2.76. The first-order valence-electron chi connectivity index (χ1n) is 14.2. The Kier molecular flexibility index (Phi) is 7.24. The van der Waals surface area contributed by atoms with Gasteiger partial charge in [0.05, 0.1) is 5.76 Å². The van der Waals surface area contributed by atoms with Gasteiger partial charge in [-0.15, -0.1) is 0 Å². The Morgan fingerprint density at radius 1 is 1.06 bits per heavy atom. The summed E-state index contributed by atoms with van der Waals surface area (Å²) in [6.45, 7) is 19.0. The molecule has 1 heteroatoms. The highest BCUT2D eigenvalue weighted by Gasteiger charge is 2.59. The highest BCUT2D eigenvalue weighted by Crippen LogP contribution is 2.67. The first-order valence-corrected chi connectivity index (χ1v) is 14.2. The van der Waals surface area contributed by atoms with Crippen LogP contribution in [0.15, 0.2) is 24.0 Å². The quantitative estimate of drug-likeness (QED) is 0.270. The Hall–Kier alpha value is -0.720. The fourth-order valence-corrected chi connectivity index (χ4v) is 9.07. The third-order valence-corrected chi connectivity index (χ3v) is 11.0. The molecule has 0 aromatic rings. The van der Waals surface area contributed by atoms with Crippen LogP contribution in [0.4, 0.5) is 0 Å². The summed E-state index contributed by atoms with van der Waals surface area (Å²) in [4.78, 5) is 0. The molecule has 0 heterocycles. The van der Waals surface area contributed by atoms with Gasteiger partial charge in [0.2, 0.25) is 0 Å². The van der Waals surface area contributed by atoms with E-state index in [1.54, 1.807) is 5.57 Å². The van der Waals surface area contributed by atoms with E-state index in [2.05, 4.69) is 54.2 Å². The van der Waals surface area contributed by atoms with Crippen molar-refractivity contribution in [3.8, 4) is 0 Å². The molecule has 0 saturated heterocycles. The van der Waals surface area contributed by atoms with E-state index >= 15 is 0 Å². The van der Waals surface area contributed by atoms with Crippen molar-refractivity contribution in [3.63, 3.8) is 0 Å². The SMILES string of the molecule is C=C(CC)O[C@H]1CC[C@@]2(C)C(=CCC3C2CC[C@@]2(C)C3CC[C@@H]2[C@H](C)CCCC(C)C)C1. The van der Waals surface area contributed by atoms with Crippen LogP contribution in [0.25, 0.3) is 0 Å². The summed E-state index contributed by atoms with van der Waals surface area (Å²) in [5, 5.41) is 0. The average Bonchev–Trinajstić information content (AvgIpc) is 3.11. The standard InChI is InChI=1S/C31H52O/c1-8-23(5)32-25-16-18-30(6)24(20-25)12-13-26-28-15-14-27(22(4)11-9-10-21(2)3)31(28,7)19-17-29(26)30/h12,21-22,25-29H,5,8-11,13-20H2,1-4,6-7H3/t22-,25+,26?,27-,28?,29?,30+,31-/m1/s1. The monoisotopic (exact) mass is 440 g/mol. The lowest BCUT2D eigenvalue weighted by Crippen LogP contribution is -2.51. The lowest BCUT2D eigenvalue weighted by atomic mass is 9.47. The van der Waals surface area contributed by atoms with E-state index in [-0.39, 0.29) is 0 Å². The Balaban J connectivity index is 1.45. The summed E-state index contributed by atoms with van der Waals surface area (Å²) in [7, 11) is 0. The zero-order chi connectivity index (χ0) is 23.1. The smallest absolute Gasteiger partial charge is 0.102 e. The molecule has 32 heavy (non-hydrogen) atoms. The lowest BCUT2D eigenvalue weighted by molar-refractivity contribution is -0.0594. The number of rotatable bonds is 8. The lowest BCUT2D eigenvalue weighted by Gasteiger charge is -2.58. The largest absolute Gasteiger partial charge is 0.495 e. The van der Waals surface area contributed by atoms with Gasteiger partial charge >= 0.3 is 0 Å². The van der Waals surface area contributed by atoms with E-state index in [0.717, 1.165) is 54.1 Å². The minimum atomic E-state index is 0.370.